The second kappa shape index (κ2) is 14.7. The van der Waals surface area contributed by atoms with E-state index < -0.39 is 17.4 Å². The van der Waals surface area contributed by atoms with Gasteiger partial charge in [-0.05, 0) is 140 Å². The van der Waals surface area contributed by atoms with E-state index in [9.17, 15) is 9.59 Å². The first-order chi connectivity index (χ1) is 25.2. The Morgan fingerprint density at radius 2 is 1.02 bits per heavy atom. The maximum atomic E-state index is 12.5. The Hall–Kier alpha value is -5.94. The fourth-order valence-electron chi connectivity index (χ4n) is 7.36. The number of anilines is 6. The minimum atomic E-state index is -0.783. The minimum Gasteiger partial charge on any atom is -0.393 e. The molecule has 0 spiro atoms. The van der Waals surface area contributed by atoms with Gasteiger partial charge in [0.2, 0.25) is 0 Å². The maximum Gasteiger partial charge on any atom is 0.320 e. The zero-order chi connectivity index (χ0) is 36.2. The van der Waals surface area contributed by atoms with Crippen LogP contribution in [0.4, 0.5) is 34.1 Å². The number of cyclic esters (lactones) is 2. The van der Waals surface area contributed by atoms with Crippen LogP contribution in [0.5, 0.6) is 0 Å². The van der Waals surface area contributed by atoms with Crippen LogP contribution in [0.3, 0.4) is 0 Å². The molecular weight excluding hydrogens is 641 g/mol. The summed E-state index contributed by atoms with van der Waals surface area (Å²) < 4.78 is 4.92. The van der Waals surface area contributed by atoms with Crippen molar-refractivity contribution in [3.05, 3.63) is 168 Å². The summed E-state index contributed by atoms with van der Waals surface area (Å²) in [7, 11) is 0. The van der Waals surface area contributed by atoms with E-state index in [0.717, 1.165) is 57.2 Å². The van der Waals surface area contributed by atoms with E-state index in [4.69, 9.17) is 4.74 Å². The molecule has 0 N–H and O–H groups in total. The van der Waals surface area contributed by atoms with Crippen LogP contribution >= 0.6 is 0 Å². The summed E-state index contributed by atoms with van der Waals surface area (Å²) in [6.07, 6.45) is 1.57. The minimum absolute atomic E-state index is 0.132. The van der Waals surface area contributed by atoms with Crippen LogP contribution in [0.15, 0.2) is 152 Å². The molecule has 6 aromatic rings. The van der Waals surface area contributed by atoms with Gasteiger partial charge < -0.3 is 14.5 Å². The second-order valence-corrected chi connectivity index (χ2v) is 14.2. The fraction of sp³-hybridized carbons (Fsp3) is 0.191. The van der Waals surface area contributed by atoms with Crippen molar-refractivity contribution in [2.45, 2.75) is 52.9 Å². The van der Waals surface area contributed by atoms with Crippen LogP contribution < -0.4 is 9.80 Å². The van der Waals surface area contributed by atoms with Gasteiger partial charge in [-0.15, -0.1) is 0 Å². The highest BCUT2D eigenvalue weighted by Gasteiger charge is 2.46. The molecule has 5 nitrogen and oxygen atoms in total. The lowest BCUT2D eigenvalue weighted by Gasteiger charge is -2.28. The summed E-state index contributed by atoms with van der Waals surface area (Å²) in [5.74, 6) is -0.705. The van der Waals surface area contributed by atoms with E-state index >= 15 is 0 Å². The Bertz CT molecular complexity index is 2180. The van der Waals surface area contributed by atoms with Crippen molar-refractivity contribution in [2.24, 2.45) is 5.41 Å². The third-order valence-electron chi connectivity index (χ3n) is 10.2. The van der Waals surface area contributed by atoms with E-state index in [1.54, 1.807) is 0 Å². The second-order valence-electron chi connectivity index (χ2n) is 14.2. The van der Waals surface area contributed by atoms with Crippen LogP contribution in [0.25, 0.3) is 11.1 Å². The molecule has 2 unspecified atom stereocenters. The molecule has 1 fully saturated rings. The molecule has 0 radical (unpaired) electrons. The van der Waals surface area contributed by atoms with Gasteiger partial charge in [-0.3, -0.25) is 9.59 Å². The number of benzene rings is 6. The van der Waals surface area contributed by atoms with Crippen molar-refractivity contribution in [3.63, 3.8) is 0 Å². The molecule has 0 aromatic heterocycles. The molecule has 6 aromatic carbocycles. The Morgan fingerprint density at radius 3 is 1.44 bits per heavy atom. The molecule has 0 aliphatic carbocycles. The number of aryl methyl sites for hydroxylation is 2. The van der Waals surface area contributed by atoms with Crippen LogP contribution in [-0.2, 0) is 14.3 Å². The molecule has 1 saturated heterocycles. The van der Waals surface area contributed by atoms with Gasteiger partial charge in [0.05, 0.1) is 11.8 Å². The van der Waals surface area contributed by atoms with Crippen LogP contribution in [0.1, 0.15) is 55.7 Å². The Labute approximate surface area is 307 Å². The van der Waals surface area contributed by atoms with Gasteiger partial charge in [-0.1, -0.05) is 85.8 Å². The van der Waals surface area contributed by atoms with Crippen molar-refractivity contribution in [1.29, 1.82) is 0 Å². The Kier molecular flexibility index (Phi) is 9.78. The molecule has 1 heterocycles. The van der Waals surface area contributed by atoms with Gasteiger partial charge in [0, 0.05) is 34.1 Å². The normalized spacial score (nSPS) is 16.0. The van der Waals surface area contributed by atoms with E-state index in [1.165, 1.54) is 11.1 Å². The SMILES string of the molecule is CCC(CC1(C)CC(=O)OC1=O)c1ccc(N(c2ccc(-c3ccc(N(c4ccccc4)c4cccc(C)c4)cc3)cc2)c2cccc(C)c2)cc1. The number of carbonyl (C=O) groups excluding carboxylic acids is 2. The topological polar surface area (TPSA) is 49.9 Å². The van der Waals surface area contributed by atoms with Crippen molar-refractivity contribution in [1.82, 2.24) is 0 Å². The molecule has 0 amide bonds. The van der Waals surface area contributed by atoms with E-state index in [1.807, 2.05) is 13.0 Å². The molecule has 0 bridgehead atoms. The standard InChI is InChI=1S/C47H44N2O3/c1-5-35(31-47(4)32-45(50)52-46(47)51)36-17-23-41(24-18-36)49(44-16-10-12-34(3)30-44)42-27-21-38(22-28-42)37-19-25-40(26-20-37)48(39-13-7-6-8-14-39)43-15-9-11-33(2)29-43/h6-30,35H,5,31-32H2,1-4H3. The maximum absolute atomic E-state index is 12.5. The summed E-state index contributed by atoms with van der Waals surface area (Å²) in [5, 5.41) is 0. The van der Waals surface area contributed by atoms with Crippen molar-refractivity contribution >= 4 is 46.1 Å². The van der Waals surface area contributed by atoms with Crippen LogP contribution in [-0.4, -0.2) is 11.9 Å². The average molecular weight is 685 g/mol. The summed E-state index contributed by atoms with van der Waals surface area (Å²) in [5.41, 5.74) is 11.6. The first-order valence-corrected chi connectivity index (χ1v) is 18.0. The molecule has 1 aliphatic heterocycles. The Balaban J connectivity index is 1.16. The molecule has 0 saturated carbocycles. The lowest BCUT2D eigenvalue weighted by atomic mass is 9.76. The zero-order valence-electron chi connectivity index (χ0n) is 30.3. The molecule has 5 heteroatoms. The number of hydrogen-bond acceptors (Lipinski definition) is 5. The van der Waals surface area contributed by atoms with Crippen molar-refractivity contribution < 1.29 is 14.3 Å². The highest BCUT2D eigenvalue weighted by molar-refractivity contribution is 5.97. The summed E-state index contributed by atoms with van der Waals surface area (Å²) in [6.45, 7) is 8.21. The summed E-state index contributed by atoms with van der Waals surface area (Å²) in [6, 6.07) is 53.7. The number of rotatable bonds is 11. The lowest BCUT2D eigenvalue weighted by molar-refractivity contribution is -0.155. The zero-order valence-corrected chi connectivity index (χ0v) is 30.3. The van der Waals surface area contributed by atoms with Crippen LogP contribution in [0, 0.1) is 19.3 Å². The number of hydrogen-bond donors (Lipinski definition) is 0. The third kappa shape index (κ3) is 7.26. The highest BCUT2D eigenvalue weighted by Crippen LogP contribution is 2.43. The number of nitrogens with zero attached hydrogens (tertiary/aromatic N) is 2. The van der Waals surface area contributed by atoms with Gasteiger partial charge in [0.25, 0.3) is 0 Å². The van der Waals surface area contributed by atoms with E-state index in [2.05, 4.69) is 176 Å². The molecule has 7 rings (SSSR count). The largest absolute Gasteiger partial charge is 0.393 e. The summed E-state index contributed by atoms with van der Waals surface area (Å²) in [4.78, 5) is 28.9. The molecule has 52 heavy (non-hydrogen) atoms. The number of para-hydroxylation sites is 1. The first kappa shape index (κ1) is 34.5. The van der Waals surface area contributed by atoms with Crippen molar-refractivity contribution in [3.8, 4) is 11.1 Å². The molecule has 260 valence electrons. The van der Waals surface area contributed by atoms with Gasteiger partial charge in [0.1, 0.15) is 0 Å². The monoisotopic (exact) mass is 684 g/mol. The van der Waals surface area contributed by atoms with Crippen molar-refractivity contribution in [2.75, 3.05) is 9.80 Å². The van der Waals surface area contributed by atoms with Gasteiger partial charge in [0.15, 0.2) is 0 Å². The van der Waals surface area contributed by atoms with E-state index in [0.29, 0.717) is 6.42 Å². The number of carbonyl (C=O) groups is 2. The summed E-state index contributed by atoms with van der Waals surface area (Å²) >= 11 is 0. The molecule has 1 aliphatic rings. The quantitative estimate of drug-likeness (QED) is 0.100. The lowest BCUT2D eigenvalue weighted by Crippen LogP contribution is -2.25. The molecule has 2 atom stereocenters. The fourth-order valence-corrected chi connectivity index (χ4v) is 7.36. The van der Waals surface area contributed by atoms with Gasteiger partial charge >= 0.3 is 11.9 Å². The average Bonchev–Trinajstić information content (AvgIpc) is 3.42. The molecular formula is C47H44N2O3. The number of esters is 2. The smallest absolute Gasteiger partial charge is 0.320 e. The predicted octanol–water partition coefficient (Wildman–Crippen LogP) is 12.3. The first-order valence-electron chi connectivity index (χ1n) is 18.0. The number of ether oxygens (including phenoxy) is 1. The Morgan fingerprint density at radius 1 is 0.577 bits per heavy atom. The highest BCUT2D eigenvalue weighted by atomic mass is 16.6. The van der Waals surface area contributed by atoms with Gasteiger partial charge in [-0.25, -0.2) is 0 Å². The van der Waals surface area contributed by atoms with E-state index in [-0.39, 0.29) is 12.3 Å². The third-order valence-corrected chi connectivity index (χ3v) is 10.2. The predicted molar refractivity (Wildman–Crippen MR) is 212 cm³/mol. The van der Waals surface area contributed by atoms with Crippen LogP contribution in [0.2, 0.25) is 0 Å². The van der Waals surface area contributed by atoms with Gasteiger partial charge in [-0.2, -0.15) is 0 Å².